The minimum atomic E-state index is -0.893. The summed E-state index contributed by atoms with van der Waals surface area (Å²) in [7, 11) is 4.74. The molecule has 1 aromatic rings. The Morgan fingerprint density at radius 1 is 1.00 bits per heavy atom. The van der Waals surface area contributed by atoms with Crippen molar-refractivity contribution in [3.05, 3.63) is 23.8 Å². The molecule has 0 saturated heterocycles. The highest BCUT2D eigenvalue weighted by Crippen LogP contribution is 2.35. The van der Waals surface area contributed by atoms with Crippen LogP contribution in [0.3, 0.4) is 0 Å². The molecule has 0 spiro atoms. The lowest BCUT2D eigenvalue weighted by molar-refractivity contribution is 0.134. The van der Waals surface area contributed by atoms with Crippen molar-refractivity contribution in [3.8, 4) is 17.2 Å². The van der Waals surface area contributed by atoms with Gasteiger partial charge < -0.3 is 19.3 Å². The molecule has 0 atom stereocenters. The van der Waals surface area contributed by atoms with Crippen molar-refractivity contribution in [2.75, 3.05) is 21.3 Å². The molecule has 1 rings (SSSR count). The molecule has 1 aromatic carbocycles. The lowest BCUT2D eigenvalue weighted by Crippen LogP contribution is -2.13. The molecule has 0 fully saturated rings. The summed E-state index contributed by atoms with van der Waals surface area (Å²) >= 11 is 0. The van der Waals surface area contributed by atoms with Crippen molar-refractivity contribution in [3.63, 3.8) is 0 Å². The lowest BCUT2D eigenvalue weighted by atomic mass is 10.1. The van der Waals surface area contributed by atoms with Crippen molar-refractivity contribution in [1.29, 1.82) is 0 Å². The second-order valence-corrected chi connectivity index (χ2v) is 4.43. The third-order valence-corrected chi connectivity index (χ3v) is 2.41. The Bertz CT molecular complexity index is 405. The van der Waals surface area contributed by atoms with Crippen LogP contribution in [0, 0.1) is 0 Å². The van der Waals surface area contributed by atoms with Gasteiger partial charge in [-0.25, -0.2) is 0 Å². The predicted molar refractivity (Wildman–Crippen MR) is 71.4 cm³/mol. The maximum Gasteiger partial charge on any atom is 0.133 e. The van der Waals surface area contributed by atoms with E-state index in [1.165, 1.54) is 0 Å². The van der Waals surface area contributed by atoms with Crippen LogP contribution in [-0.2, 0) is 0 Å². The van der Waals surface area contributed by atoms with Crippen LogP contribution in [0.15, 0.2) is 18.2 Å². The maximum absolute atomic E-state index is 9.71. The average molecular weight is 252 g/mol. The topological polar surface area (TPSA) is 47.9 Å². The van der Waals surface area contributed by atoms with Crippen LogP contribution in [0.2, 0.25) is 0 Å². The normalized spacial score (nSPS) is 11.7. The van der Waals surface area contributed by atoms with Gasteiger partial charge in [-0.1, -0.05) is 6.08 Å². The molecule has 0 amide bonds. The smallest absolute Gasteiger partial charge is 0.133 e. The molecule has 18 heavy (non-hydrogen) atoms. The first-order valence-corrected chi connectivity index (χ1v) is 5.63. The van der Waals surface area contributed by atoms with Crippen LogP contribution in [0.1, 0.15) is 19.4 Å². The van der Waals surface area contributed by atoms with E-state index in [2.05, 4.69) is 0 Å². The van der Waals surface area contributed by atoms with Gasteiger partial charge in [0.1, 0.15) is 17.2 Å². The van der Waals surface area contributed by atoms with Crippen LogP contribution in [-0.4, -0.2) is 32.0 Å². The Kier molecular flexibility index (Phi) is 4.62. The van der Waals surface area contributed by atoms with E-state index in [4.69, 9.17) is 14.2 Å². The first kappa shape index (κ1) is 14.4. The van der Waals surface area contributed by atoms with E-state index in [0.29, 0.717) is 17.2 Å². The van der Waals surface area contributed by atoms with Crippen LogP contribution < -0.4 is 14.2 Å². The second kappa shape index (κ2) is 5.78. The Balaban J connectivity index is 3.27. The van der Waals surface area contributed by atoms with Crippen molar-refractivity contribution in [2.45, 2.75) is 19.4 Å². The highest BCUT2D eigenvalue weighted by molar-refractivity contribution is 5.67. The van der Waals surface area contributed by atoms with Gasteiger partial charge in [-0.2, -0.15) is 0 Å². The van der Waals surface area contributed by atoms with Gasteiger partial charge >= 0.3 is 0 Å². The number of rotatable bonds is 5. The fourth-order valence-electron chi connectivity index (χ4n) is 1.48. The highest BCUT2D eigenvalue weighted by Gasteiger charge is 2.13. The lowest BCUT2D eigenvalue weighted by Gasteiger charge is -2.14. The fraction of sp³-hybridized carbons (Fsp3) is 0.429. The first-order valence-electron chi connectivity index (χ1n) is 5.63. The number of aliphatic hydroxyl groups is 1. The van der Waals surface area contributed by atoms with Crippen LogP contribution in [0.5, 0.6) is 17.2 Å². The maximum atomic E-state index is 9.71. The molecule has 100 valence electrons. The molecular weight excluding hydrogens is 232 g/mol. The zero-order valence-corrected chi connectivity index (χ0v) is 11.5. The van der Waals surface area contributed by atoms with Gasteiger partial charge in [0.05, 0.1) is 32.5 Å². The van der Waals surface area contributed by atoms with Crippen molar-refractivity contribution >= 4 is 6.08 Å². The van der Waals surface area contributed by atoms with Gasteiger partial charge in [-0.15, -0.1) is 0 Å². The number of benzene rings is 1. The standard InChI is InChI=1S/C14H20O4/c1-14(2,15)7-6-11-12(17-4)8-10(16-3)9-13(11)18-5/h6-9,15H,1-5H3/b7-6+. The molecule has 4 heteroatoms. The van der Waals surface area contributed by atoms with Crippen molar-refractivity contribution in [2.24, 2.45) is 0 Å². The molecule has 0 aliphatic rings. The molecule has 0 heterocycles. The number of hydrogen-bond acceptors (Lipinski definition) is 4. The Morgan fingerprint density at radius 2 is 1.50 bits per heavy atom. The largest absolute Gasteiger partial charge is 0.496 e. The Morgan fingerprint density at radius 3 is 1.83 bits per heavy atom. The number of ether oxygens (including phenoxy) is 3. The van der Waals surface area contributed by atoms with Crippen molar-refractivity contribution < 1.29 is 19.3 Å². The summed E-state index contributed by atoms with van der Waals surface area (Å²) in [6.45, 7) is 3.40. The number of hydrogen-bond donors (Lipinski definition) is 1. The molecule has 0 bridgehead atoms. The summed E-state index contributed by atoms with van der Waals surface area (Å²) in [5.41, 5.74) is -0.126. The fourth-order valence-corrected chi connectivity index (χ4v) is 1.48. The van der Waals surface area contributed by atoms with Gasteiger partial charge in [0, 0.05) is 12.1 Å². The van der Waals surface area contributed by atoms with E-state index >= 15 is 0 Å². The second-order valence-electron chi connectivity index (χ2n) is 4.43. The summed E-state index contributed by atoms with van der Waals surface area (Å²) in [4.78, 5) is 0. The van der Waals surface area contributed by atoms with E-state index in [1.54, 1.807) is 59.5 Å². The van der Waals surface area contributed by atoms with E-state index < -0.39 is 5.60 Å². The zero-order chi connectivity index (χ0) is 13.8. The molecule has 0 aromatic heterocycles. The van der Waals surface area contributed by atoms with Gasteiger partial charge in [0.2, 0.25) is 0 Å². The first-order chi connectivity index (χ1) is 8.41. The van der Waals surface area contributed by atoms with Crippen LogP contribution >= 0.6 is 0 Å². The highest BCUT2D eigenvalue weighted by atomic mass is 16.5. The Hall–Kier alpha value is -1.68. The molecule has 0 aliphatic heterocycles. The summed E-state index contributed by atoms with van der Waals surface area (Å²) < 4.78 is 15.8. The minimum absolute atomic E-state index is 0.631. The summed E-state index contributed by atoms with van der Waals surface area (Å²) in [5.74, 6) is 1.92. The Labute approximate surface area is 108 Å². The number of methoxy groups -OCH3 is 3. The average Bonchev–Trinajstić information content (AvgIpc) is 2.34. The van der Waals surface area contributed by atoms with Gasteiger partial charge in [0.15, 0.2) is 0 Å². The van der Waals surface area contributed by atoms with E-state index in [0.717, 1.165) is 5.56 Å². The molecule has 0 radical (unpaired) electrons. The molecule has 4 nitrogen and oxygen atoms in total. The third-order valence-electron chi connectivity index (χ3n) is 2.41. The summed E-state index contributed by atoms with van der Waals surface area (Å²) in [6.07, 6.45) is 3.46. The molecule has 0 unspecified atom stereocenters. The quantitative estimate of drug-likeness (QED) is 0.874. The van der Waals surface area contributed by atoms with E-state index in [-0.39, 0.29) is 0 Å². The van der Waals surface area contributed by atoms with Crippen molar-refractivity contribution in [1.82, 2.24) is 0 Å². The van der Waals surface area contributed by atoms with Crippen LogP contribution in [0.25, 0.3) is 6.08 Å². The van der Waals surface area contributed by atoms with E-state index in [1.807, 2.05) is 0 Å². The minimum Gasteiger partial charge on any atom is -0.496 e. The predicted octanol–water partition coefficient (Wildman–Crippen LogP) is 2.50. The summed E-state index contributed by atoms with van der Waals surface area (Å²) in [5, 5.41) is 9.71. The SMILES string of the molecule is COc1cc(OC)c(/C=C/C(C)(C)O)c(OC)c1. The van der Waals surface area contributed by atoms with Gasteiger partial charge in [-0.3, -0.25) is 0 Å². The monoisotopic (exact) mass is 252 g/mol. The van der Waals surface area contributed by atoms with E-state index in [9.17, 15) is 5.11 Å². The molecule has 0 saturated carbocycles. The van der Waals surface area contributed by atoms with Crippen LogP contribution in [0.4, 0.5) is 0 Å². The third kappa shape index (κ3) is 3.67. The summed E-state index contributed by atoms with van der Waals surface area (Å²) in [6, 6.07) is 3.54. The zero-order valence-electron chi connectivity index (χ0n) is 11.5. The van der Waals surface area contributed by atoms with Gasteiger partial charge in [0.25, 0.3) is 0 Å². The molecular formula is C14H20O4. The molecule has 0 aliphatic carbocycles. The molecule has 1 N–H and O–H groups in total. The van der Waals surface area contributed by atoms with Gasteiger partial charge in [-0.05, 0) is 19.9 Å².